The lowest BCUT2D eigenvalue weighted by Crippen LogP contribution is -2.24. The fraction of sp³-hybridized carbons (Fsp3) is 0.467. The van der Waals surface area contributed by atoms with E-state index < -0.39 is 0 Å². The lowest BCUT2D eigenvalue weighted by Gasteiger charge is -2.05. The van der Waals surface area contributed by atoms with Gasteiger partial charge in [-0.05, 0) is 24.6 Å². The van der Waals surface area contributed by atoms with Crippen molar-refractivity contribution >= 4 is 16.9 Å². The number of carbonyl (C=O) groups excluding carboxylic acids is 1. The minimum Gasteiger partial charge on any atom is -0.352 e. The normalized spacial score (nSPS) is 10.9. The van der Waals surface area contributed by atoms with Gasteiger partial charge in [-0.15, -0.1) is 0 Å². The molecule has 0 atom stereocenters. The topological polar surface area (TPSA) is 66.9 Å². The maximum absolute atomic E-state index is 12.0. The molecule has 2 aromatic rings. The Morgan fingerprint density at radius 3 is 2.85 bits per heavy atom. The van der Waals surface area contributed by atoms with Gasteiger partial charge in [0.1, 0.15) is 0 Å². The second-order valence-corrected chi connectivity index (χ2v) is 5.04. The van der Waals surface area contributed by atoms with Crippen molar-refractivity contribution in [2.24, 2.45) is 7.05 Å². The van der Waals surface area contributed by atoms with Crippen molar-refractivity contribution in [2.75, 3.05) is 6.54 Å². The van der Waals surface area contributed by atoms with Crippen LogP contribution in [0.2, 0.25) is 0 Å². The standard InChI is InChI=1S/C15H21N3O2/c1-3-4-5-6-9-16-14(19)11-7-8-13-12(10-11)17-15(20)18(13)2/h7-8,10H,3-6,9H2,1-2H3,(H,16,19)(H,17,20). The summed E-state index contributed by atoms with van der Waals surface area (Å²) in [6.07, 6.45) is 4.53. The molecule has 0 saturated heterocycles. The summed E-state index contributed by atoms with van der Waals surface area (Å²) in [5.41, 5.74) is 1.90. The molecular formula is C15H21N3O2. The smallest absolute Gasteiger partial charge is 0.326 e. The lowest BCUT2D eigenvalue weighted by molar-refractivity contribution is 0.0953. The van der Waals surface area contributed by atoms with Crippen molar-refractivity contribution in [3.8, 4) is 0 Å². The average Bonchev–Trinajstić information content (AvgIpc) is 2.73. The summed E-state index contributed by atoms with van der Waals surface area (Å²) in [5, 5.41) is 2.91. The number of rotatable bonds is 6. The van der Waals surface area contributed by atoms with Gasteiger partial charge in [0.15, 0.2) is 0 Å². The molecule has 5 heteroatoms. The van der Waals surface area contributed by atoms with Crippen LogP contribution in [0.25, 0.3) is 11.0 Å². The summed E-state index contributed by atoms with van der Waals surface area (Å²) in [4.78, 5) is 26.2. The molecular weight excluding hydrogens is 254 g/mol. The van der Waals surface area contributed by atoms with Gasteiger partial charge < -0.3 is 10.3 Å². The third-order valence-electron chi connectivity index (χ3n) is 3.48. The third-order valence-corrected chi connectivity index (χ3v) is 3.48. The van der Waals surface area contributed by atoms with Gasteiger partial charge in [-0.1, -0.05) is 26.2 Å². The number of aryl methyl sites for hydroxylation is 1. The number of aromatic amines is 1. The van der Waals surface area contributed by atoms with Gasteiger partial charge >= 0.3 is 5.69 Å². The third kappa shape index (κ3) is 3.10. The van der Waals surface area contributed by atoms with Crippen molar-refractivity contribution in [3.63, 3.8) is 0 Å². The van der Waals surface area contributed by atoms with Gasteiger partial charge in [0.2, 0.25) is 0 Å². The molecule has 0 radical (unpaired) electrons. The largest absolute Gasteiger partial charge is 0.352 e. The van der Waals surface area contributed by atoms with Gasteiger partial charge in [0, 0.05) is 19.2 Å². The number of hydrogen-bond acceptors (Lipinski definition) is 2. The molecule has 2 rings (SSSR count). The van der Waals surface area contributed by atoms with Crippen LogP contribution in [0.3, 0.4) is 0 Å². The molecule has 0 aliphatic heterocycles. The predicted molar refractivity (Wildman–Crippen MR) is 80.0 cm³/mol. The minimum atomic E-state index is -0.169. The monoisotopic (exact) mass is 275 g/mol. The van der Waals surface area contributed by atoms with E-state index in [2.05, 4.69) is 17.2 Å². The Balaban J connectivity index is 2.01. The molecule has 1 aromatic heterocycles. The summed E-state index contributed by atoms with van der Waals surface area (Å²) in [7, 11) is 1.70. The molecule has 0 spiro atoms. The molecule has 0 aliphatic rings. The summed E-state index contributed by atoms with van der Waals surface area (Å²) >= 11 is 0. The number of nitrogens with zero attached hydrogens (tertiary/aromatic N) is 1. The van der Waals surface area contributed by atoms with E-state index in [4.69, 9.17) is 0 Å². The molecule has 1 aromatic carbocycles. The minimum absolute atomic E-state index is 0.0897. The number of hydrogen-bond donors (Lipinski definition) is 2. The zero-order chi connectivity index (χ0) is 14.5. The Morgan fingerprint density at radius 2 is 2.10 bits per heavy atom. The first-order valence-corrected chi connectivity index (χ1v) is 7.10. The molecule has 108 valence electrons. The Kier molecular flexibility index (Phi) is 4.61. The molecule has 0 saturated carbocycles. The van der Waals surface area contributed by atoms with Crippen molar-refractivity contribution in [1.82, 2.24) is 14.9 Å². The van der Waals surface area contributed by atoms with Crippen molar-refractivity contribution in [3.05, 3.63) is 34.2 Å². The van der Waals surface area contributed by atoms with Gasteiger partial charge in [-0.25, -0.2) is 4.79 Å². The number of carbonyl (C=O) groups is 1. The van der Waals surface area contributed by atoms with E-state index in [1.165, 1.54) is 17.4 Å². The van der Waals surface area contributed by atoms with Crippen LogP contribution in [0.1, 0.15) is 43.0 Å². The van der Waals surface area contributed by atoms with E-state index in [1.54, 1.807) is 25.2 Å². The maximum atomic E-state index is 12.0. The van der Waals surface area contributed by atoms with Crippen molar-refractivity contribution < 1.29 is 4.79 Å². The van der Waals surface area contributed by atoms with E-state index in [9.17, 15) is 9.59 Å². The second-order valence-electron chi connectivity index (χ2n) is 5.04. The first-order valence-electron chi connectivity index (χ1n) is 7.10. The van der Waals surface area contributed by atoms with E-state index in [0.717, 1.165) is 18.4 Å². The number of fused-ring (bicyclic) bond motifs is 1. The molecule has 2 N–H and O–H groups in total. The Bertz CT molecular complexity index is 655. The second kappa shape index (κ2) is 6.41. The first kappa shape index (κ1) is 14.4. The quantitative estimate of drug-likeness (QED) is 0.793. The van der Waals surface area contributed by atoms with Crippen LogP contribution in [0.4, 0.5) is 0 Å². The number of H-pyrrole nitrogens is 1. The number of benzene rings is 1. The molecule has 0 aliphatic carbocycles. The molecule has 1 amide bonds. The molecule has 0 fully saturated rings. The number of imidazole rings is 1. The number of nitrogens with one attached hydrogen (secondary N) is 2. The molecule has 0 bridgehead atoms. The van der Waals surface area contributed by atoms with Crippen molar-refractivity contribution in [1.29, 1.82) is 0 Å². The van der Waals surface area contributed by atoms with Crippen LogP contribution in [0, 0.1) is 0 Å². The lowest BCUT2D eigenvalue weighted by atomic mass is 10.1. The number of aromatic nitrogens is 2. The number of amides is 1. The summed E-state index contributed by atoms with van der Waals surface area (Å²) in [6.45, 7) is 2.86. The van der Waals surface area contributed by atoms with E-state index in [1.807, 2.05) is 0 Å². The molecule has 20 heavy (non-hydrogen) atoms. The van der Waals surface area contributed by atoms with Crippen molar-refractivity contribution in [2.45, 2.75) is 32.6 Å². The molecule has 5 nitrogen and oxygen atoms in total. The van der Waals surface area contributed by atoms with Crippen LogP contribution >= 0.6 is 0 Å². The highest BCUT2D eigenvalue weighted by atomic mass is 16.2. The summed E-state index contributed by atoms with van der Waals surface area (Å²) < 4.78 is 1.53. The van der Waals surface area contributed by atoms with Gasteiger partial charge in [-0.2, -0.15) is 0 Å². The van der Waals surface area contributed by atoms with E-state index >= 15 is 0 Å². The zero-order valence-corrected chi connectivity index (χ0v) is 12.0. The van der Waals surface area contributed by atoms with E-state index in [0.29, 0.717) is 17.6 Å². The summed E-state index contributed by atoms with van der Waals surface area (Å²) in [6, 6.07) is 5.26. The summed E-state index contributed by atoms with van der Waals surface area (Å²) in [5.74, 6) is -0.0897. The van der Waals surface area contributed by atoms with Gasteiger partial charge in [0.05, 0.1) is 11.0 Å². The Hall–Kier alpha value is -2.04. The van der Waals surface area contributed by atoms with Crippen LogP contribution < -0.4 is 11.0 Å². The highest BCUT2D eigenvalue weighted by molar-refractivity contribution is 5.97. The highest BCUT2D eigenvalue weighted by Crippen LogP contribution is 2.12. The SMILES string of the molecule is CCCCCCNC(=O)c1ccc2c(c1)[nH]c(=O)n2C. The van der Waals surface area contributed by atoms with Gasteiger partial charge in [-0.3, -0.25) is 9.36 Å². The fourth-order valence-electron chi connectivity index (χ4n) is 2.23. The first-order chi connectivity index (χ1) is 9.63. The van der Waals surface area contributed by atoms with E-state index in [-0.39, 0.29) is 11.6 Å². The number of unbranched alkanes of at least 4 members (excludes halogenated alkanes) is 3. The van der Waals surface area contributed by atoms with Crippen LogP contribution in [0.5, 0.6) is 0 Å². The highest BCUT2D eigenvalue weighted by Gasteiger charge is 2.08. The zero-order valence-electron chi connectivity index (χ0n) is 12.0. The fourth-order valence-corrected chi connectivity index (χ4v) is 2.23. The van der Waals surface area contributed by atoms with Crippen LogP contribution in [-0.4, -0.2) is 22.0 Å². The maximum Gasteiger partial charge on any atom is 0.326 e. The average molecular weight is 275 g/mol. The van der Waals surface area contributed by atoms with Crippen LogP contribution in [0.15, 0.2) is 23.0 Å². The van der Waals surface area contributed by atoms with Gasteiger partial charge in [0.25, 0.3) is 5.91 Å². The van der Waals surface area contributed by atoms with Crippen LogP contribution in [-0.2, 0) is 7.05 Å². The molecule has 0 unspecified atom stereocenters. The Labute approximate surface area is 118 Å². The molecule has 1 heterocycles. The predicted octanol–water partition coefficient (Wildman–Crippen LogP) is 2.18. The Morgan fingerprint density at radius 1 is 1.30 bits per heavy atom.